The molecule has 0 aromatic heterocycles. The van der Waals surface area contributed by atoms with Gasteiger partial charge in [-0.25, -0.2) is 0 Å². The molecule has 0 unspecified atom stereocenters. The predicted octanol–water partition coefficient (Wildman–Crippen LogP) is 2.98. The van der Waals surface area contributed by atoms with Gasteiger partial charge in [0.1, 0.15) is 0 Å². The smallest absolute Gasteiger partial charge is 0.228 e. The number of nitrogens with one attached hydrogen (secondary N) is 2. The highest BCUT2D eigenvalue weighted by atomic mass is 16.2. The summed E-state index contributed by atoms with van der Waals surface area (Å²) in [7, 11) is 0. The van der Waals surface area contributed by atoms with Gasteiger partial charge in [0.05, 0.1) is 12.8 Å². The molecule has 0 radical (unpaired) electrons. The molecule has 0 fully saturated rings. The monoisotopic (exact) mass is 294 g/mol. The van der Waals surface area contributed by atoms with Crippen molar-refractivity contribution in [3.63, 3.8) is 0 Å². The third kappa shape index (κ3) is 2.86. The lowest BCUT2D eigenvalue weighted by Crippen LogP contribution is -2.15. The van der Waals surface area contributed by atoms with Gasteiger partial charge in [-0.3, -0.25) is 9.59 Å². The molecule has 0 atom stereocenters. The average Bonchev–Trinajstić information content (AvgIpc) is 2.83. The highest BCUT2D eigenvalue weighted by molar-refractivity contribution is 5.99. The Kier molecular flexibility index (Phi) is 3.67. The third-order valence-corrected chi connectivity index (χ3v) is 4.04. The molecule has 2 amide bonds. The molecule has 0 bridgehead atoms. The van der Waals surface area contributed by atoms with E-state index in [9.17, 15) is 9.59 Å². The molecule has 0 saturated carbocycles. The van der Waals surface area contributed by atoms with Crippen molar-refractivity contribution in [2.75, 3.05) is 10.6 Å². The fourth-order valence-corrected chi connectivity index (χ4v) is 2.66. The quantitative estimate of drug-likeness (QED) is 0.914. The van der Waals surface area contributed by atoms with Crippen LogP contribution in [0.4, 0.5) is 11.4 Å². The molecule has 2 aromatic carbocycles. The van der Waals surface area contributed by atoms with Crippen molar-refractivity contribution >= 4 is 23.2 Å². The summed E-state index contributed by atoms with van der Waals surface area (Å²) < 4.78 is 0. The zero-order valence-corrected chi connectivity index (χ0v) is 12.7. The van der Waals surface area contributed by atoms with Crippen molar-refractivity contribution in [2.45, 2.75) is 26.7 Å². The Bertz CT molecular complexity index is 766. The van der Waals surface area contributed by atoms with E-state index in [1.54, 1.807) is 0 Å². The topological polar surface area (TPSA) is 58.2 Å². The molecular weight excluding hydrogens is 276 g/mol. The maximum absolute atomic E-state index is 12.2. The van der Waals surface area contributed by atoms with E-state index in [-0.39, 0.29) is 11.8 Å². The number of fused-ring (bicyclic) bond motifs is 1. The summed E-state index contributed by atoms with van der Waals surface area (Å²) in [6.45, 7) is 4.02. The van der Waals surface area contributed by atoms with E-state index in [0.717, 1.165) is 33.6 Å². The number of anilines is 2. The van der Waals surface area contributed by atoms with Gasteiger partial charge in [-0.2, -0.15) is 0 Å². The molecule has 0 saturated heterocycles. The third-order valence-electron chi connectivity index (χ3n) is 4.04. The van der Waals surface area contributed by atoms with Crippen LogP contribution in [0, 0.1) is 13.8 Å². The van der Waals surface area contributed by atoms with Gasteiger partial charge in [0.2, 0.25) is 11.8 Å². The zero-order chi connectivity index (χ0) is 15.7. The Morgan fingerprint density at radius 1 is 1.23 bits per heavy atom. The lowest BCUT2D eigenvalue weighted by molar-refractivity contribution is -0.116. The van der Waals surface area contributed by atoms with Gasteiger partial charge >= 0.3 is 0 Å². The van der Waals surface area contributed by atoms with E-state index in [4.69, 9.17) is 0 Å². The standard InChI is InChI=1S/C18H18N2O2/c1-11-4-3-5-15(12(11)2)19-17(21)9-13-6-7-16-14(8-13)10-18(22)20-16/h3-8H,9-10H2,1-2H3,(H,19,21)(H,20,22). The van der Waals surface area contributed by atoms with E-state index >= 15 is 0 Å². The molecule has 1 heterocycles. The lowest BCUT2D eigenvalue weighted by Gasteiger charge is -2.10. The molecule has 22 heavy (non-hydrogen) atoms. The van der Waals surface area contributed by atoms with Crippen LogP contribution in [0.1, 0.15) is 22.3 Å². The van der Waals surface area contributed by atoms with E-state index in [1.807, 2.05) is 50.2 Å². The maximum Gasteiger partial charge on any atom is 0.228 e. The summed E-state index contributed by atoms with van der Waals surface area (Å²) in [5.41, 5.74) is 5.81. The van der Waals surface area contributed by atoms with Crippen LogP contribution in [-0.2, 0) is 22.4 Å². The van der Waals surface area contributed by atoms with Gasteiger partial charge in [0, 0.05) is 11.4 Å². The zero-order valence-electron chi connectivity index (χ0n) is 12.7. The van der Waals surface area contributed by atoms with Gasteiger partial charge in [-0.15, -0.1) is 0 Å². The maximum atomic E-state index is 12.2. The summed E-state index contributed by atoms with van der Waals surface area (Å²) in [5, 5.41) is 5.75. The van der Waals surface area contributed by atoms with Gasteiger partial charge in [0.25, 0.3) is 0 Å². The minimum absolute atomic E-state index is 0.00647. The molecular formula is C18H18N2O2. The van der Waals surface area contributed by atoms with Crippen LogP contribution in [0.3, 0.4) is 0 Å². The fourth-order valence-electron chi connectivity index (χ4n) is 2.66. The summed E-state index contributed by atoms with van der Waals surface area (Å²) in [6.07, 6.45) is 0.691. The molecule has 3 rings (SSSR count). The van der Waals surface area contributed by atoms with E-state index in [2.05, 4.69) is 10.6 Å². The van der Waals surface area contributed by atoms with Crippen molar-refractivity contribution in [2.24, 2.45) is 0 Å². The SMILES string of the molecule is Cc1cccc(NC(=O)Cc2ccc3c(c2)CC(=O)N3)c1C. The van der Waals surface area contributed by atoms with Crippen LogP contribution < -0.4 is 10.6 Å². The number of carbonyl (C=O) groups excluding carboxylic acids is 2. The second-order valence-electron chi connectivity index (χ2n) is 5.69. The highest BCUT2D eigenvalue weighted by Gasteiger charge is 2.18. The number of hydrogen-bond acceptors (Lipinski definition) is 2. The van der Waals surface area contributed by atoms with E-state index < -0.39 is 0 Å². The molecule has 1 aliphatic heterocycles. The molecule has 4 heteroatoms. The van der Waals surface area contributed by atoms with Crippen LogP contribution in [0.25, 0.3) is 0 Å². The molecule has 112 valence electrons. The molecule has 1 aliphatic rings. The van der Waals surface area contributed by atoms with Crippen molar-refractivity contribution < 1.29 is 9.59 Å². The predicted molar refractivity (Wildman–Crippen MR) is 87.0 cm³/mol. The molecule has 4 nitrogen and oxygen atoms in total. The number of carbonyl (C=O) groups is 2. The highest BCUT2D eigenvalue weighted by Crippen LogP contribution is 2.24. The first-order valence-corrected chi connectivity index (χ1v) is 7.30. The van der Waals surface area contributed by atoms with Crippen LogP contribution in [0.2, 0.25) is 0 Å². The van der Waals surface area contributed by atoms with E-state index in [1.165, 1.54) is 0 Å². The number of rotatable bonds is 3. The van der Waals surface area contributed by atoms with Gasteiger partial charge in [-0.05, 0) is 48.2 Å². The minimum atomic E-state index is -0.0501. The molecule has 0 spiro atoms. The Balaban J connectivity index is 1.71. The first-order chi connectivity index (χ1) is 10.5. The first-order valence-electron chi connectivity index (χ1n) is 7.30. The van der Waals surface area contributed by atoms with Gasteiger partial charge < -0.3 is 10.6 Å². The second kappa shape index (κ2) is 5.64. The normalized spacial score (nSPS) is 12.7. The number of amides is 2. The molecule has 2 N–H and O–H groups in total. The van der Waals surface area contributed by atoms with Crippen LogP contribution in [0.5, 0.6) is 0 Å². The Hall–Kier alpha value is -2.62. The largest absolute Gasteiger partial charge is 0.326 e. The second-order valence-corrected chi connectivity index (χ2v) is 5.69. The fraction of sp³-hybridized carbons (Fsp3) is 0.222. The summed E-state index contributed by atoms with van der Waals surface area (Å²) >= 11 is 0. The molecule has 0 aliphatic carbocycles. The summed E-state index contributed by atoms with van der Waals surface area (Å²) in [5.74, 6) is -0.0436. The van der Waals surface area contributed by atoms with Crippen LogP contribution >= 0.6 is 0 Å². The number of benzene rings is 2. The van der Waals surface area contributed by atoms with Crippen molar-refractivity contribution in [1.82, 2.24) is 0 Å². The Morgan fingerprint density at radius 2 is 2.05 bits per heavy atom. The number of aryl methyl sites for hydroxylation is 1. The van der Waals surface area contributed by atoms with Crippen molar-refractivity contribution in [3.8, 4) is 0 Å². The van der Waals surface area contributed by atoms with Gasteiger partial charge in [-0.1, -0.05) is 24.3 Å². The lowest BCUT2D eigenvalue weighted by atomic mass is 10.0. The van der Waals surface area contributed by atoms with Crippen LogP contribution in [-0.4, -0.2) is 11.8 Å². The van der Waals surface area contributed by atoms with Crippen LogP contribution in [0.15, 0.2) is 36.4 Å². The summed E-state index contributed by atoms with van der Waals surface area (Å²) in [6, 6.07) is 11.5. The van der Waals surface area contributed by atoms with E-state index in [0.29, 0.717) is 12.8 Å². The first kappa shape index (κ1) is 14.3. The van der Waals surface area contributed by atoms with Gasteiger partial charge in [0.15, 0.2) is 0 Å². The molecule has 2 aromatic rings. The van der Waals surface area contributed by atoms with Crippen molar-refractivity contribution in [1.29, 1.82) is 0 Å². The number of hydrogen-bond donors (Lipinski definition) is 2. The minimum Gasteiger partial charge on any atom is -0.326 e. The summed E-state index contributed by atoms with van der Waals surface area (Å²) in [4.78, 5) is 23.6. The Morgan fingerprint density at radius 3 is 2.86 bits per heavy atom. The van der Waals surface area contributed by atoms with Crippen molar-refractivity contribution in [3.05, 3.63) is 58.7 Å². The average molecular weight is 294 g/mol. The Labute approximate surface area is 129 Å².